The molecule has 4 rings (SSSR count). The molecule has 2 aromatic carbocycles. The van der Waals surface area contributed by atoms with Crippen LogP contribution in [0.3, 0.4) is 0 Å². The molecular weight excluding hydrogens is 482 g/mol. The van der Waals surface area contributed by atoms with Gasteiger partial charge in [0.15, 0.2) is 0 Å². The molecule has 0 spiro atoms. The van der Waals surface area contributed by atoms with Crippen LogP contribution < -0.4 is 15.0 Å². The highest BCUT2D eigenvalue weighted by atomic mass is 35.5. The number of methoxy groups -OCH3 is 1. The maximum Gasteiger partial charge on any atom is 0.265 e. The Hall–Kier alpha value is -3.88. The van der Waals surface area contributed by atoms with Crippen LogP contribution in [0.5, 0.6) is 17.2 Å². The fourth-order valence-corrected chi connectivity index (χ4v) is 3.84. The maximum atomic E-state index is 13.2. The number of halogens is 1. The average Bonchev–Trinajstić information content (AvgIpc) is 2.91. The lowest BCUT2D eigenvalue weighted by Gasteiger charge is -2.14. The molecule has 8 nitrogen and oxygen atoms in total. The summed E-state index contributed by atoms with van der Waals surface area (Å²) in [4.78, 5) is 21.5. The fraction of sp³-hybridized carbons (Fsp3) is 0.222. The van der Waals surface area contributed by atoms with Crippen LogP contribution >= 0.6 is 11.6 Å². The zero-order chi connectivity index (χ0) is 25.3. The molecule has 9 heteroatoms. The Bertz CT molecular complexity index is 1410. The normalized spacial score (nSPS) is 11.3. The van der Waals surface area contributed by atoms with Crippen molar-refractivity contribution in [3.63, 3.8) is 0 Å². The highest BCUT2D eigenvalue weighted by Gasteiger charge is 2.15. The quantitative estimate of drug-likeness (QED) is 0.231. The van der Waals surface area contributed by atoms with E-state index in [0.717, 1.165) is 5.56 Å². The number of aromatic nitrogens is 2. The van der Waals surface area contributed by atoms with Crippen LogP contribution in [0.15, 0.2) is 76.8 Å². The number of ether oxygens (including phenoxy) is 3. The van der Waals surface area contributed by atoms with Gasteiger partial charge < -0.3 is 19.3 Å². The van der Waals surface area contributed by atoms with Crippen LogP contribution in [0, 0.1) is 0 Å². The minimum atomic E-state index is -0.383. The Morgan fingerprint density at radius 1 is 1.11 bits per heavy atom. The van der Waals surface area contributed by atoms with E-state index in [-0.39, 0.29) is 23.6 Å². The largest absolute Gasteiger partial charge is 0.506 e. The van der Waals surface area contributed by atoms with E-state index in [4.69, 9.17) is 25.8 Å². The van der Waals surface area contributed by atoms with Gasteiger partial charge in [0.05, 0.1) is 37.4 Å². The minimum absolute atomic E-state index is 0.0219. The summed E-state index contributed by atoms with van der Waals surface area (Å²) in [6.45, 7) is 1.14. The number of aromatic hydroxyl groups is 1. The number of hydrogen-bond acceptors (Lipinski definition) is 7. The Kier molecular flexibility index (Phi) is 8.54. The van der Waals surface area contributed by atoms with Gasteiger partial charge in [-0.1, -0.05) is 23.7 Å². The Labute approximate surface area is 213 Å². The molecule has 1 N–H and O–H groups in total. The number of nitrogens with zero attached hydrogens (tertiary/aromatic N) is 3. The van der Waals surface area contributed by atoms with Crippen LogP contribution in [0.25, 0.3) is 10.9 Å². The Balaban J connectivity index is 1.41. The lowest BCUT2D eigenvalue weighted by Crippen LogP contribution is -2.25. The summed E-state index contributed by atoms with van der Waals surface area (Å²) >= 11 is 6.19. The third kappa shape index (κ3) is 6.02. The van der Waals surface area contributed by atoms with Crippen molar-refractivity contribution in [1.29, 1.82) is 0 Å². The highest BCUT2D eigenvalue weighted by molar-refractivity contribution is 6.32. The number of benzene rings is 2. The maximum absolute atomic E-state index is 13.2. The van der Waals surface area contributed by atoms with Crippen molar-refractivity contribution >= 4 is 28.7 Å². The first-order valence-corrected chi connectivity index (χ1v) is 11.7. The predicted molar refractivity (Wildman–Crippen MR) is 139 cm³/mol. The van der Waals surface area contributed by atoms with Gasteiger partial charge in [-0.3, -0.25) is 19.3 Å². The van der Waals surface area contributed by atoms with Crippen molar-refractivity contribution < 1.29 is 19.3 Å². The number of pyridine rings is 2. The summed E-state index contributed by atoms with van der Waals surface area (Å²) in [5.41, 5.74) is 1.26. The Morgan fingerprint density at radius 2 is 1.92 bits per heavy atom. The molecule has 2 aromatic heterocycles. The highest BCUT2D eigenvalue weighted by Crippen LogP contribution is 2.29. The molecule has 0 amide bonds. The van der Waals surface area contributed by atoms with Gasteiger partial charge in [-0.25, -0.2) is 0 Å². The summed E-state index contributed by atoms with van der Waals surface area (Å²) in [7, 11) is 1.57. The summed E-state index contributed by atoms with van der Waals surface area (Å²) < 4.78 is 18.1. The lowest BCUT2D eigenvalue weighted by atomic mass is 10.1. The molecule has 36 heavy (non-hydrogen) atoms. The monoisotopic (exact) mass is 507 g/mol. The molecule has 186 valence electrons. The number of rotatable bonds is 11. The zero-order valence-electron chi connectivity index (χ0n) is 19.8. The second-order valence-electron chi connectivity index (χ2n) is 7.87. The van der Waals surface area contributed by atoms with Crippen LogP contribution in [0.1, 0.15) is 17.5 Å². The minimum Gasteiger partial charge on any atom is -0.506 e. The third-order valence-corrected chi connectivity index (χ3v) is 5.77. The van der Waals surface area contributed by atoms with Crippen LogP contribution in [-0.2, 0) is 18.0 Å². The number of fused-ring (bicyclic) bond motifs is 1. The molecule has 0 saturated carbocycles. The molecule has 0 saturated heterocycles. The van der Waals surface area contributed by atoms with Crippen LogP contribution in [-0.4, -0.2) is 41.2 Å². The lowest BCUT2D eigenvalue weighted by molar-refractivity contribution is 0.0682. The van der Waals surface area contributed by atoms with E-state index in [0.29, 0.717) is 53.6 Å². The molecule has 2 heterocycles. The van der Waals surface area contributed by atoms with Gasteiger partial charge in [-0.15, -0.1) is 0 Å². The van der Waals surface area contributed by atoms with E-state index in [1.807, 2.05) is 12.1 Å². The molecule has 0 atom stereocenters. The summed E-state index contributed by atoms with van der Waals surface area (Å²) in [5, 5.41) is 11.8. The molecule has 0 aliphatic carbocycles. The SMILES string of the molecule is COc1ccc(OCCCOCn2c(=O)c(C=NCc3ccncc3)c(O)c3ccccc32)c(Cl)c1. The van der Waals surface area contributed by atoms with Crippen molar-refractivity contribution in [2.75, 3.05) is 20.3 Å². The Morgan fingerprint density at radius 3 is 2.69 bits per heavy atom. The van der Waals surface area contributed by atoms with Gasteiger partial charge in [0.25, 0.3) is 5.56 Å². The fourth-order valence-electron chi connectivity index (χ4n) is 3.61. The van der Waals surface area contributed by atoms with Crippen LogP contribution in [0.2, 0.25) is 5.02 Å². The van der Waals surface area contributed by atoms with E-state index in [9.17, 15) is 9.90 Å². The van der Waals surface area contributed by atoms with Gasteiger partial charge >= 0.3 is 0 Å². The first-order valence-electron chi connectivity index (χ1n) is 11.4. The summed E-state index contributed by atoms with van der Waals surface area (Å²) in [6.07, 6.45) is 5.36. The van der Waals surface area contributed by atoms with Crippen molar-refractivity contribution in [2.24, 2.45) is 4.99 Å². The molecule has 0 fully saturated rings. The standard InChI is InChI=1S/C27H26ClN3O5/c1-34-20-7-8-25(23(28)15-20)36-14-4-13-35-18-31-24-6-3-2-5-21(24)26(32)22(27(31)33)17-30-16-19-9-11-29-12-10-19/h2-3,5-12,15,17,32H,4,13-14,16,18H2,1H3. The van der Waals surface area contributed by atoms with E-state index >= 15 is 0 Å². The van der Waals surface area contributed by atoms with Crippen molar-refractivity contribution in [2.45, 2.75) is 19.7 Å². The molecule has 0 aliphatic rings. The second-order valence-corrected chi connectivity index (χ2v) is 8.28. The summed E-state index contributed by atoms with van der Waals surface area (Å²) in [5.74, 6) is 1.12. The van der Waals surface area contributed by atoms with E-state index < -0.39 is 0 Å². The number of hydrogen-bond donors (Lipinski definition) is 1. The van der Waals surface area contributed by atoms with Crippen molar-refractivity contribution in [1.82, 2.24) is 9.55 Å². The first-order chi connectivity index (χ1) is 17.6. The van der Waals surface area contributed by atoms with E-state index in [2.05, 4.69) is 9.98 Å². The van der Waals surface area contributed by atoms with Gasteiger partial charge in [0.1, 0.15) is 29.5 Å². The van der Waals surface area contributed by atoms with Crippen LogP contribution in [0.4, 0.5) is 0 Å². The summed E-state index contributed by atoms with van der Waals surface area (Å²) in [6, 6.07) is 16.0. The predicted octanol–water partition coefficient (Wildman–Crippen LogP) is 4.83. The molecule has 0 aliphatic heterocycles. The molecular formula is C27H26ClN3O5. The van der Waals surface area contributed by atoms with Gasteiger partial charge in [-0.05, 0) is 42.0 Å². The van der Waals surface area contributed by atoms with E-state index in [1.165, 1.54) is 10.8 Å². The molecule has 0 radical (unpaired) electrons. The van der Waals surface area contributed by atoms with Gasteiger partial charge in [0.2, 0.25) is 0 Å². The third-order valence-electron chi connectivity index (χ3n) is 5.47. The first kappa shape index (κ1) is 25.2. The molecule has 0 unspecified atom stereocenters. The average molecular weight is 508 g/mol. The van der Waals surface area contributed by atoms with Gasteiger partial charge in [-0.2, -0.15) is 0 Å². The van der Waals surface area contributed by atoms with E-state index in [1.54, 1.807) is 62.0 Å². The van der Waals surface area contributed by atoms with Crippen molar-refractivity contribution in [3.05, 3.63) is 93.5 Å². The second kappa shape index (κ2) is 12.2. The smallest absolute Gasteiger partial charge is 0.265 e. The number of para-hydroxylation sites is 1. The molecule has 4 aromatic rings. The molecule has 0 bridgehead atoms. The van der Waals surface area contributed by atoms with Gasteiger partial charge in [0, 0.05) is 36.5 Å². The topological polar surface area (TPSA) is 95.2 Å². The zero-order valence-corrected chi connectivity index (χ0v) is 20.5. The van der Waals surface area contributed by atoms with Crippen molar-refractivity contribution in [3.8, 4) is 17.2 Å². The number of aliphatic imine (C=N–C) groups is 1.